The number of aromatic nitrogens is 1. The van der Waals surface area contributed by atoms with Crippen LogP contribution in [0.1, 0.15) is 56.6 Å². The highest BCUT2D eigenvalue weighted by Crippen LogP contribution is 2.51. The van der Waals surface area contributed by atoms with E-state index in [1.807, 2.05) is 6.20 Å². The Morgan fingerprint density at radius 1 is 0.853 bits per heavy atom. The number of hydrogen-bond acceptors (Lipinski definition) is 2. The highest BCUT2D eigenvalue weighted by atomic mass is 16.5. The van der Waals surface area contributed by atoms with Crippen molar-refractivity contribution in [3.8, 4) is 22.8 Å². The summed E-state index contributed by atoms with van der Waals surface area (Å²) in [6.45, 7) is 6.98. The van der Waals surface area contributed by atoms with E-state index in [2.05, 4.69) is 81.4 Å². The fourth-order valence-corrected chi connectivity index (χ4v) is 6.29. The highest BCUT2D eigenvalue weighted by Gasteiger charge is 2.29. The lowest BCUT2D eigenvalue weighted by Crippen LogP contribution is -2.20. The van der Waals surface area contributed by atoms with Gasteiger partial charge in [0.1, 0.15) is 11.5 Å². The summed E-state index contributed by atoms with van der Waals surface area (Å²) in [7, 11) is 0. The van der Waals surface area contributed by atoms with E-state index in [0.29, 0.717) is 11.3 Å². The lowest BCUT2D eigenvalue weighted by molar-refractivity contribution is 0.224. The Hall–Kier alpha value is -3.39. The predicted octanol–water partition coefficient (Wildman–Crippen LogP) is 9.31. The van der Waals surface area contributed by atoms with Crippen molar-refractivity contribution in [2.24, 2.45) is 5.41 Å². The van der Waals surface area contributed by atoms with Crippen LogP contribution in [0.3, 0.4) is 0 Å². The van der Waals surface area contributed by atoms with E-state index in [4.69, 9.17) is 9.72 Å². The molecule has 0 amide bonds. The molecule has 0 N–H and O–H groups in total. The van der Waals surface area contributed by atoms with Crippen LogP contribution in [0.25, 0.3) is 43.6 Å². The van der Waals surface area contributed by atoms with Gasteiger partial charge in [-0.25, -0.2) is 0 Å². The SMILES string of the molecule is Cc1c2c(cc3ccccc13)-c1nccc3c1c(cc1cc(C4CCC(C)(C)CC4)ccc13)O2. The van der Waals surface area contributed by atoms with Crippen molar-refractivity contribution in [2.75, 3.05) is 0 Å². The Morgan fingerprint density at radius 3 is 2.53 bits per heavy atom. The van der Waals surface area contributed by atoms with E-state index in [-0.39, 0.29) is 0 Å². The van der Waals surface area contributed by atoms with E-state index in [0.717, 1.165) is 28.1 Å². The third-order valence-electron chi connectivity index (χ3n) is 8.38. The van der Waals surface area contributed by atoms with Gasteiger partial charge in [-0.05, 0) is 94.6 Å². The zero-order valence-corrected chi connectivity index (χ0v) is 20.1. The molecule has 34 heavy (non-hydrogen) atoms. The first-order chi connectivity index (χ1) is 16.5. The first kappa shape index (κ1) is 20.0. The molecule has 168 valence electrons. The van der Waals surface area contributed by atoms with Gasteiger partial charge in [0.15, 0.2) is 0 Å². The average Bonchev–Trinajstić information content (AvgIpc) is 2.85. The number of nitrogens with zero attached hydrogens (tertiary/aromatic N) is 1. The molecule has 0 bridgehead atoms. The summed E-state index contributed by atoms with van der Waals surface area (Å²) >= 11 is 0. The maximum Gasteiger partial charge on any atom is 0.140 e. The molecule has 1 aliphatic heterocycles. The van der Waals surface area contributed by atoms with E-state index in [9.17, 15) is 0 Å². The van der Waals surface area contributed by atoms with Crippen LogP contribution >= 0.6 is 0 Å². The summed E-state index contributed by atoms with van der Waals surface area (Å²) < 4.78 is 6.67. The number of benzene rings is 4. The number of rotatable bonds is 1. The zero-order valence-electron chi connectivity index (χ0n) is 20.1. The van der Waals surface area contributed by atoms with Crippen molar-refractivity contribution >= 4 is 32.3 Å². The van der Waals surface area contributed by atoms with Crippen LogP contribution in [0.5, 0.6) is 11.5 Å². The van der Waals surface area contributed by atoms with E-state index in [1.54, 1.807) is 0 Å². The monoisotopic (exact) mass is 443 g/mol. The number of hydrogen-bond donors (Lipinski definition) is 0. The maximum atomic E-state index is 6.67. The largest absolute Gasteiger partial charge is 0.456 e. The third-order valence-corrected chi connectivity index (χ3v) is 8.38. The van der Waals surface area contributed by atoms with Gasteiger partial charge in [0.2, 0.25) is 0 Å². The summed E-state index contributed by atoms with van der Waals surface area (Å²) in [6.07, 6.45) is 7.13. The lowest BCUT2D eigenvalue weighted by atomic mass is 9.71. The van der Waals surface area contributed by atoms with Gasteiger partial charge in [-0.2, -0.15) is 0 Å². The number of fused-ring (bicyclic) bond motifs is 5. The molecule has 0 spiro atoms. The fourth-order valence-electron chi connectivity index (χ4n) is 6.29. The Kier molecular flexibility index (Phi) is 4.16. The minimum atomic E-state index is 0.486. The molecule has 1 aromatic heterocycles. The van der Waals surface area contributed by atoms with Crippen molar-refractivity contribution in [3.05, 3.63) is 78.0 Å². The van der Waals surface area contributed by atoms with Crippen LogP contribution in [-0.4, -0.2) is 4.98 Å². The summed E-state index contributed by atoms with van der Waals surface area (Å²) in [5.41, 5.74) is 5.26. The van der Waals surface area contributed by atoms with Crippen LogP contribution in [0.4, 0.5) is 0 Å². The third kappa shape index (κ3) is 2.91. The minimum absolute atomic E-state index is 0.486. The van der Waals surface area contributed by atoms with E-state index >= 15 is 0 Å². The average molecular weight is 444 g/mol. The lowest BCUT2D eigenvalue weighted by Gasteiger charge is -2.34. The molecular formula is C32H29NO. The molecule has 1 aliphatic carbocycles. The van der Waals surface area contributed by atoms with Gasteiger partial charge >= 0.3 is 0 Å². The Balaban J connectivity index is 1.43. The molecule has 7 rings (SSSR count). The van der Waals surface area contributed by atoms with Crippen molar-refractivity contribution in [2.45, 2.75) is 52.4 Å². The molecule has 1 fully saturated rings. The molecule has 0 atom stereocenters. The Labute approximate surface area is 200 Å². The van der Waals surface area contributed by atoms with Gasteiger partial charge in [0.05, 0.1) is 11.1 Å². The predicted molar refractivity (Wildman–Crippen MR) is 142 cm³/mol. The van der Waals surface area contributed by atoms with Gasteiger partial charge in [0.25, 0.3) is 0 Å². The smallest absolute Gasteiger partial charge is 0.140 e. The van der Waals surface area contributed by atoms with Gasteiger partial charge < -0.3 is 4.74 Å². The summed E-state index contributed by atoms with van der Waals surface area (Å²) in [5.74, 6) is 2.53. The molecule has 2 heterocycles. The van der Waals surface area contributed by atoms with Gasteiger partial charge in [-0.1, -0.05) is 56.3 Å². The van der Waals surface area contributed by atoms with Gasteiger partial charge in [0, 0.05) is 17.3 Å². The van der Waals surface area contributed by atoms with Gasteiger partial charge in [-0.3, -0.25) is 4.98 Å². The van der Waals surface area contributed by atoms with Crippen molar-refractivity contribution in [3.63, 3.8) is 0 Å². The maximum absolute atomic E-state index is 6.67. The van der Waals surface area contributed by atoms with Crippen LogP contribution in [0.2, 0.25) is 0 Å². The summed E-state index contributed by atoms with van der Waals surface area (Å²) in [4.78, 5) is 4.86. The molecule has 2 heteroatoms. The van der Waals surface area contributed by atoms with Crippen LogP contribution in [0.15, 0.2) is 66.9 Å². The second kappa shape index (κ2) is 7.06. The number of aryl methyl sites for hydroxylation is 1. The van der Waals surface area contributed by atoms with Crippen LogP contribution in [-0.2, 0) is 0 Å². The van der Waals surface area contributed by atoms with Crippen molar-refractivity contribution in [1.29, 1.82) is 0 Å². The summed E-state index contributed by atoms with van der Waals surface area (Å²) in [5, 5.41) is 7.37. The molecule has 0 saturated heterocycles. The normalized spacial score (nSPS) is 17.1. The molecule has 1 saturated carbocycles. The molecular weight excluding hydrogens is 414 g/mol. The second-order valence-corrected chi connectivity index (χ2v) is 11.1. The topological polar surface area (TPSA) is 22.1 Å². The zero-order chi connectivity index (χ0) is 23.0. The molecule has 2 nitrogen and oxygen atoms in total. The van der Waals surface area contributed by atoms with Crippen molar-refractivity contribution < 1.29 is 4.74 Å². The Bertz CT molecular complexity index is 1620. The number of ether oxygens (including phenoxy) is 1. The fraction of sp³-hybridized carbons (Fsp3) is 0.281. The second-order valence-electron chi connectivity index (χ2n) is 11.1. The highest BCUT2D eigenvalue weighted by molar-refractivity contribution is 6.16. The summed E-state index contributed by atoms with van der Waals surface area (Å²) in [6, 6.07) is 22.3. The molecule has 2 aliphatic rings. The number of pyridine rings is 1. The minimum Gasteiger partial charge on any atom is -0.456 e. The van der Waals surface area contributed by atoms with Crippen molar-refractivity contribution in [1.82, 2.24) is 4.98 Å². The molecule has 4 aromatic carbocycles. The first-order valence-electron chi connectivity index (χ1n) is 12.5. The Morgan fingerprint density at radius 2 is 1.68 bits per heavy atom. The molecule has 0 unspecified atom stereocenters. The molecule has 5 aromatic rings. The standard InChI is InChI=1S/C32H29NO/c1-19-24-7-5-4-6-22(24)17-27-30-29-26(12-15-33-30)25-9-8-21(20-10-13-32(2,3)14-11-20)16-23(25)18-28(29)34-31(19)27/h4-9,12,15-18,20H,10-11,13-14H2,1-3H3. The van der Waals surface area contributed by atoms with E-state index in [1.165, 1.54) is 63.7 Å². The van der Waals surface area contributed by atoms with E-state index < -0.39 is 0 Å². The van der Waals surface area contributed by atoms with Crippen LogP contribution in [0, 0.1) is 12.3 Å². The van der Waals surface area contributed by atoms with Crippen LogP contribution < -0.4 is 4.74 Å². The first-order valence-corrected chi connectivity index (χ1v) is 12.5. The van der Waals surface area contributed by atoms with Gasteiger partial charge in [-0.15, -0.1) is 0 Å². The quantitative estimate of drug-likeness (QED) is 0.236. The molecule has 0 radical (unpaired) electrons.